The fourth-order valence-corrected chi connectivity index (χ4v) is 3.25. The number of hydrogen-bond donors (Lipinski definition) is 1. The van der Waals surface area contributed by atoms with Crippen LogP contribution in [0.3, 0.4) is 0 Å². The summed E-state index contributed by atoms with van der Waals surface area (Å²) < 4.78 is 5.20. The predicted octanol–water partition coefficient (Wildman–Crippen LogP) is 1.70. The Morgan fingerprint density at radius 3 is 2.67 bits per heavy atom. The number of aliphatic hydroxyl groups is 1. The number of piperidine rings is 1. The number of aromatic nitrogens is 2. The predicted molar refractivity (Wildman–Crippen MR) is 82.0 cm³/mol. The second-order valence-corrected chi connectivity index (χ2v) is 6.28. The summed E-state index contributed by atoms with van der Waals surface area (Å²) in [5.41, 5.74) is 2.00. The van der Waals surface area contributed by atoms with E-state index in [1.54, 1.807) is 7.11 Å². The van der Waals surface area contributed by atoms with Crippen LogP contribution in [-0.2, 0) is 11.3 Å². The molecule has 2 heterocycles. The minimum atomic E-state index is -0.0346. The van der Waals surface area contributed by atoms with Crippen LogP contribution in [0.2, 0.25) is 0 Å². The second-order valence-electron chi connectivity index (χ2n) is 6.28. The van der Waals surface area contributed by atoms with Gasteiger partial charge in [-0.15, -0.1) is 0 Å². The molecule has 2 rings (SSSR count). The molecule has 1 saturated heterocycles. The van der Waals surface area contributed by atoms with Gasteiger partial charge in [0, 0.05) is 37.1 Å². The van der Waals surface area contributed by atoms with Crippen LogP contribution in [-0.4, -0.2) is 53.4 Å². The van der Waals surface area contributed by atoms with Crippen molar-refractivity contribution in [3.05, 3.63) is 23.3 Å². The summed E-state index contributed by atoms with van der Waals surface area (Å²) in [6, 6.07) is 2.00. The quantitative estimate of drug-likeness (QED) is 0.865. The van der Waals surface area contributed by atoms with E-state index in [4.69, 9.17) is 4.74 Å². The van der Waals surface area contributed by atoms with Gasteiger partial charge in [-0.1, -0.05) is 0 Å². The molecule has 21 heavy (non-hydrogen) atoms. The van der Waals surface area contributed by atoms with Crippen molar-refractivity contribution in [1.82, 2.24) is 14.9 Å². The van der Waals surface area contributed by atoms with Gasteiger partial charge < -0.3 is 9.84 Å². The normalized spacial score (nSPS) is 23.4. The van der Waals surface area contributed by atoms with Gasteiger partial charge in [0.2, 0.25) is 0 Å². The maximum absolute atomic E-state index is 9.83. The number of nitrogens with zero attached hydrogens (tertiary/aromatic N) is 3. The minimum Gasteiger partial charge on any atom is -0.396 e. The monoisotopic (exact) mass is 293 g/mol. The Hall–Kier alpha value is -1.04. The van der Waals surface area contributed by atoms with Crippen molar-refractivity contribution >= 4 is 0 Å². The Balaban J connectivity index is 2.03. The molecule has 0 radical (unpaired) electrons. The van der Waals surface area contributed by atoms with Crippen molar-refractivity contribution in [3.63, 3.8) is 0 Å². The fourth-order valence-electron chi connectivity index (χ4n) is 3.25. The van der Waals surface area contributed by atoms with E-state index in [1.807, 2.05) is 19.9 Å². The highest BCUT2D eigenvalue weighted by Crippen LogP contribution is 2.33. The molecule has 1 N–H and O–H groups in total. The molecule has 0 saturated carbocycles. The van der Waals surface area contributed by atoms with Crippen LogP contribution in [0.15, 0.2) is 6.07 Å². The smallest absolute Gasteiger partial charge is 0.142 e. The first-order valence-corrected chi connectivity index (χ1v) is 7.70. The molecule has 0 spiro atoms. The van der Waals surface area contributed by atoms with Gasteiger partial charge >= 0.3 is 0 Å². The van der Waals surface area contributed by atoms with Gasteiger partial charge in [0.05, 0.1) is 13.2 Å². The van der Waals surface area contributed by atoms with Crippen molar-refractivity contribution in [2.75, 3.05) is 33.4 Å². The first-order chi connectivity index (χ1) is 10.1. The summed E-state index contributed by atoms with van der Waals surface area (Å²) in [4.78, 5) is 11.4. The summed E-state index contributed by atoms with van der Waals surface area (Å²) in [7, 11) is 1.72. The molecule has 0 bridgehead atoms. The highest BCUT2D eigenvalue weighted by Gasteiger charge is 2.34. The number of methoxy groups -OCH3 is 1. The van der Waals surface area contributed by atoms with E-state index in [0.29, 0.717) is 6.61 Å². The van der Waals surface area contributed by atoms with E-state index in [1.165, 1.54) is 0 Å². The third-order valence-electron chi connectivity index (χ3n) is 4.31. The van der Waals surface area contributed by atoms with Crippen LogP contribution < -0.4 is 0 Å². The van der Waals surface area contributed by atoms with Gasteiger partial charge in [-0.25, -0.2) is 9.97 Å². The molecular formula is C16H27N3O2. The number of hydrogen-bond acceptors (Lipinski definition) is 5. The minimum absolute atomic E-state index is 0.0346. The van der Waals surface area contributed by atoms with Gasteiger partial charge in [0.25, 0.3) is 0 Å². The lowest BCUT2D eigenvalue weighted by Crippen LogP contribution is -2.45. The van der Waals surface area contributed by atoms with Crippen molar-refractivity contribution in [3.8, 4) is 0 Å². The molecule has 1 atom stereocenters. The van der Waals surface area contributed by atoms with Crippen LogP contribution in [0.5, 0.6) is 0 Å². The Morgan fingerprint density at radius 1 is 1.33 bits per heavy atom. The Morgan fingerprint density at radius 2 is 2.05 bits per heavy atom. The first kappa shape index (κ1) is 16.3. The Labute approximate surface area is 127 Å². The number of aliphatic hydroxyl groups excluding tert-OH is 1. The number of ether oxygens (including phenoxy) is 1. The molecule has 0 aliphatic carbocycles. The van der Waals surface area contributed by atoms with Gasteiger partial charge in [0.15, 0.2) is 0 Å². The van der Waals surface area contributed by atoms with Crippen LogP contribution in [0, 0.1) is 19.3 Å². The van der Waals surface area contributed by atoms with Gasteiger partial charge in [-0.3, -0.25) is 4.90 Å². The van der Waals surface area contributed by atoms with E-state index in [-0.39, 0.29) is 12.0 Å². The zero-order valence-corrected chi connectivity index (χ0v) is 13.4. The molecule has 0 amide bonds. The number of rotatable bonds is 6. The van der Waals surface area contributed by atoms with Gasteiger partial charge in [-0.05, 0) is 45.7 Å². The SMILES string of the molecule is COCC[C@@]1(CO)CCCN(Cc2nc(C)cc(C)n2)C1. The summed E-state index contributed by atoms with van der Waals surface area (Å²) in [6.45, 7) is 7.64. The summed E-state index contributed by atoms with van der Waals surface area (Å²) in [5, 5.41) is 9.83. The van der Waals surface area contributed by atoms with E-state index in [2.05, 4.69) is 14.9 Å². The molecule has 1 aromatic heterocycles. The van der Waals surface area contributed by atoms with Crippen LogP contribution in [0.1, 0.15) is 36.5 Å². The molecule has 1 aromatic rings. The Kier molecular flexibility index (Phi) is 5.67. The van der Waals surface area contributed by atoms with Gasteiger partial charge in [-0.2, -0.15) is 0 Å². The molecule has 0 unspecified atom stereocenters. The van der Waals surface area contributed by atoms with Crippen molar-refractivity contribution in [2.24, 2.45) is 5.41 Å². The fraction of sp³-hybridized carbons (Fsp3) is 0.750. The maximum atomic E-state index is 9.83. The van der Waals surface area contributed by atoms with E-state index in [9.17, 15) is 5.11 Å². The lowest BCUT2D eigenvalue weighted by Gasteiger charge is -2.41. The molecule has 5 heteroatoms. The summed E-state index contributed by atoms with van der Waals surface area (Å²) in [6.07, 6.45) is 3.08. The van der Waals surface area contributed by atoms with Crippen LogP contribution in [0.25, 0.3) is 0 Å². The molecule has 1 aliphatic heterocycles. The van der Waals surface area contributed by atoms with E-state index < -0.39 is 0 Å². The number of likely N-dealkylation sites (tertiary alicyclic amines) is 1. The topological polar surface area (TPSA) is 58.5 Å². The molecule has 1 fully saturated rings. The van der Waals surface area contributed by atoms with Crippen LogP contribution in [0.4, 0.5) is 0 Å². The zero-order chi connectivity index (χ0) is 15.3. The third-order valence-corrected chi connectivity index (χ3v) is 4.31. The Bertz CT molecular complexity index is 447. The van der Waals surface area contributed by atoms with Crippen LogP contribution >= 0.6 is 0 Å². The standard InChI is InChI=1S/C16H27N3O2/c1-13-9-14(2)18-15(17-13)10-19-7-4-5-16(11-19,12-20)6-8-21-3/h9,20H,4-8,10-12H2,1-3H3/t16-/m0/s1. The average Bonchev–Trinajstić information content (AvgIpc) is 2.44. The van der Waals surface area contributed by atoms with Gasteiger partial charge in [0.1, 0.15) is 5.82 Å². The molecule has 0 aromatic carbocycles. The lowest BCUT2D eigenvalue weighted by atomic mass is 9.78. The highest BCUT2D eigenvalue weighted by atomic mass is 16.5. The molecule has 118 valence electrons. The zero-order valence-electron chi connectivity index (χ0n) is 13.4. The van der Waals surface area contributed by atoms with Crippen molar-refractivity contribution in [1.29, 1.82) is 0 Å². The summed E-state index contributed by atoms with van der Waals surface area (Å²) >= 11 is 0. The number of aryl methyl sites for hydroxylation is 2. The molecule has 1 aliphatic rings. The van der Waals surface area contributed by atoms with Crippen molar-refractivity contribution < 1.29 is 9.84 Å². The third kappa shape index (κ3) is 4.46. The molecular weight excluding hydrogens is 266 g/mol. The first-order valence-electron chi connectivity index (χ1n) is 7.70. The highest BCUT2D eigenvalue weighted by molar-refractivity contribution is 5.08. The van der Waals surface area contributed by atoms with Crippen molar-refractivity contribution in [2.45, 2.75) is 39.7 Å². The average molecular weight is 293 g/mol. The largest absolute Gasteiger partial charge is 0.396 e. The summed E-state index contributed by atoms with van der Waals surface area (Å²) in [5.74, 6) is 0.882. The van der Waals surface area contributed by atoms with E-state index >= 15 is 0 Å². The molecule has 5 nitrogen and oxygen atoms in total. The lowest BCUT2D eigenvalue weighted by molar-refractivity contribution is 0.00393. The second kappa shape index (κ2) is 7.29. The maximum Gasteiger partial charge on any atom is 0.142 e. The van der Waals surface area contributed by atoms with E-state index in [0.717, 1.165) is 56.1 Å².